The summed E-state index contributed by atoms with van der Waals surface area (Å²) in [5.41, 5.74) is 0.478. The van der Waals surface area contributed by atoms with Crippen molar-refractivity contribution in [3.05, 3.63) is 33.8 Å². The van der Waals surface area contributed by atoms with Crippen LogP contribution in [0.25, 0.3) is 0 Å². The summed E-state index contributed by atoms with van der Waals surface area (Å²) in [6.07, 6.45) is 6.82. The number of benzene rings is 1. The van der Waals surface area contributed by atoms with Crippen molar-refractivity contribution in [2.24, 2.45) is 5.92 Å². The number of hydrogen-bond acceptors (Lipinski definition) is 1. The van der Waals surface area contributed by atoms with Crippen LogP contribution in [0.1, 0.15) is 57.1 Å². The minimum atomic E-state index is -0.388. The van der Waals surface area contributed by atoms with Gasteiger partial charge in [-0.25, -0.2) is 8.78 Å². The van der Waals surface area contributed by atoms with Crippen molar-refractivity contribution in [2.75, 3.05) is 6.54 Å². The van der Waals surface area contributed by atoms with Gasteiger partial charge in [0.15, 0.2) is 0 Å². The van der Waals surface area contributed by atoms with Crippen LogP contribution in [0.5, 0.6) is 0 Å². The molecule has 0 aliphatic heterocycles. The fourth-order valence-corrected chi connectivity index (χ4v) is 3.39. The van der Waals surface area contributed by atoms with Crippen LogP contribution in [0.15, 0.2) is 16.6 Å². The zero-order valence-electron chi connectivity index (χ0n) is 11.9. The highest BCUT2D eigenvalue weighted by Crippen LogP contribution is 2.36. The average molecular weight is 346 g/mol. The maximum atomic E-state index is 14.2. The van der Waals surface area contributed by atoms with Gasteiger partial charge in [0, 0.05) is 11.6 Å². The summed E-state index contributed by atoms with van der Waals surface area (Å²) in [7, 11) is 0. The minimum Gasteiger partial charge on any atom is -0.310 e. The Kier molecular flexibility index (Phi) is 5.97. The average Bonchev–Trinajstić information content (AvgIpc) is 2.45. The van der Waals surface area contributed by atoms with Crippen molar-refractivity contribution < 1.29 is 8.78 Å². The smallest absolute Gasteiger partial charge is 0.137 e. The predicted octanol–water partition coefficient (Wildman–Crippen LogP) is 5.35. The zero-order chi connectivity index (χ0) is 14.5. The van der Waals surface area contributed by atoms with Gasteiger partial charge in [0.1, 0.15) is 11.6 Å². The molecule has 0 heterocycles. The first-order chi connectivity index (χ1) is 9.63. The van der Waals surface area contributed by atoms with Gasteiger partial charge in [0.25, 0.3) is 0 Å². The van der Waals surface area contributed by atoms with E-state index in [2.05, 4.69) is 28.2 Å². The zero-order valence-corrected chi connectivity index (χ0v) is 13.5. The molecule has 1 N–H and O–H groups in total. The van der Waals surface area contributed by atoms with Gasteiger partial charge >= 0.3 is 0 Å². The highest BCUT2D eigenvalue weighted by molar-refractivity contribution is 9.10. The molecule has 0 aromatic heterocycles. The molecule has 0 radical (unpaired) electrons. The van der Waals surface area contributed by atoms with Crippen molar-refractivity contribution in [1.29, 1.82) is 0 Å². The van der Waals surface area contributed by atoms with E-state index in [0.717, 1.165) is 25.8 Å². The molecule has 20 heavy (non-hydrogen) atoms. The minimum absolute atomic E-state index is 0.0714. The summed E-state index contributed by atoms with van der Waals surface area (Å²) in [6.45, 7) is 2.92. The summed E-state index contributed by atoms with van der Waals surface area (Å²) in [6, 6.07) is 2.52. The fourth-order valence-electron chi connectivity index (χ4n) is 3.07. The summed E-state index contributed by atoms with van der Waals surface area (Å²) in [5.74, 6) is -0.302. The molecular formula is C16H22BrF2N. The molecule has 0 bridgehead atoms. The molecule has 1 aliphatic rings. The second-order valence-electron chi connectivity index (χ2n) is 5.62. The Morgan fingerprint density at radius 1 is 1.20 bits per heavy atom. The summed E-state index contributed by atoms with van der Waals surface area (Å²) >= 11 is 3.04. The van der Waals surface area contributed by atoms with Crippen LogP contribution in [0.2, 0.25) is 0 Å². The topological polar surface area (TPSA) is 12.0 Å². The van der Waals surface area contributed by atoms with Gasteiger partial charge in [-0.3, -0.25) is 0 Å². The molecule has 2 rings (SSSR count). The second-order valence-corrected chi connectivity index (χ2v) is 6.47. The van der Waals surface area contributed by atoms with Gasteiger partial charge in [-0.05, 0) is 59.8 Å². The van der Waals surface area contributed by atoms with Gasteiger partial charge in [-0.15, -0.1) is 0 Å². The van der Waals surface area contributed by atoms with Gasteiger partial charge in [-0.1, -0.05) is 26.2 Å². The van der Waals surface area contributed by atoms with E-state index in [9.17, 15) is 8.78 Å². The lowest BCUT2D eigenvalue weighted by Crippen LogP contribution is -2.31. The maximum absolute atomic E-state index is 14.2. The van der Waals surface area contributed by atoms with Crippen molar-refractivity contribution in [1.82, 2.24) is 5.32 Å². The van der Waals surface area contributed by atoms with Crippen molar-refractivity contribution >= 4 is 15.9 Å². The molecule has 4 heteroatoms. The Balaban J connectivity index is 2.27. The molecule has 1 saturated carbocycles. The molecule has 0 amide bonds. The van der Waals surface area contributed by atoms with Gasteiger partial charge in [0.2, 0.25) is 0 Å². The van der Waals surface area contributed by atoms with Crippen LogP contribution in [-0.4, -0.2) is 6.54 Å². The fraction of sp³-hybridized carbons (Fsp3) is 0.625. The standard InChI is InChI=1S/C16H22BrF2N/c1-2-8-20-16(11-6-4-3-5-7-11)12-9-15(19)13(17)10-14(12)18/h9-11,16,20H,2-8H2,1H3. The third-order valence-electron chi connectivity index (χ3n) is 4.11. The normalized spacial score (nSPS) is 18.2. The maximum Gasteiger partial charge on any atom is 0.137 e. The number of rotatable bonds is 5. The van der Waals surface area contributed by atoms with Crippen LogP contribution in [0, 0.1) is 17.6 Å². The van der Waals surface area contributed by atoms with Crippen LogP contribution < -0.4 is 5.32 Å². The molecule has 1 aliphatic carbocycles. The summed E-state index contributed by atoms with van der Waals surface area (Å²) in [4.78, 5) is 0. The lowest BCUT2D eigenvalue weighted by atomic mass is 9.81. The Hall–Kier alpha value is -0.480. The molecular weight excluding hydrogens is 324 g/mol. The molecule has 1 nitrogen and oxygen atoms in total. The molecule has 0 spiro atoms. The lowest BCUT2D eigenvalue weighted by Gasteiger charge is -2.31. The molecule has 1 aromatic rings. The van der Waals surface area contributed by atoms with Crippen molar-refractivity contribution in [3.8, 4) is 0 Å². The number of hydrogen-bond donors (Lipinski definition) is 1. The highest BCUT2D eigenvalue weighted by atomic mass is 79.9. The van der Waals surface area contributed by atoms with E-state index in [1.807, 2.05) is 0 Å². The van der Waals surface area contributed by atoms with E-state index < -0.39 is 0 Å². The lowest BCUT2D eigenvalue weighted by molar-refractivity contribution is 0.266. The Morgan fingerprint density at radius 2 is 1.90 bits per heavy atom. The SMILES string of the molecule is CCCNC(c1cc(F)c(Br)cc1F)C1CCCCC1. The van der Waals surface area contributed by atoms with E-state index >= 15 is 0 Å². The van der Waals surface area contributed by atoms with Crippen molar-refractivity contribution in [2.45, 2.75) is 51.5 Å². The van der Waals surface area contributed by atoms with Crippen LogP contribution in [0.3, 0.4) is 0 Å². The van der Waals surface area contributed by atoms with E-state index in [4.69, 9.17) is 0 Å². The first-order valence-electron chi connectivity index (χ1n) is 7.51. The van der Waals surface area contributed by atoms with E-state index in [1.54, 1.807) is 0 Å². The van der Waals surface area contributed by atoms with E-state index in [1.165, 1.54) is 31.4 Å². The van der Waals surface area contributed by atoms with Gasteiger partial charge < -0.3 is 5.32 Å². The van der Waals surface area contributed by atoms with Gasteiger partial charge in [0.05, 0.1) is 4.47 Å². The molecule has 1 aromatic carbocycles. The monoisotopic (exact) mass is 345 g/mol. The highest BCUT2D eigenvalue weighted by Gasteiger charge is 2.27. The molecule has 1 fully saturated rings. The molecule has 0 saturated heterocycles. The summed E-state index contributed by atoms with van der Waals surface area (Å²) in [5, 5.41) is 3.42. The first-order valence-corrected chi connectivity index (χ1v) is 8.30. The van der Waals surface area contributed by atoms with E-state index in [0.29, 0.717) is 11.5 Å². The second kappa shape index (κ2) is 7.51. The Bertz CT molecular complexity index is 444. The third kappa shape index (κ3) is 3.79. The number of nitrogens with one attached hydrogen (secondary N) is 1. The quantitative estimate of drug-likeness (QED) is 0.709. The Morgan fingerprint density at radius 3 is 2.55 bits per heavy atom. The summed E-state index contributed by atoms with van der Waals surface area (Å²) < 4.78 is 28.2. The third-order valence-corrected chi connectivity index (χ3v) is 4.72. The molecule has 1 unspecified atom stereocenters. The van der Waals surface area contributed by atoms with E-state index in [-0.39, 0.29) is 22.1 Å². The van der Waals surface area contributed by atoms with Crippen LogP contribution in [-0.2, 0) is 0 Å². The largest absolute Gasteiger partial charge is 0.310 e. The molecule has 1 atom stereocenters. The first kappa shape index (κ1) is 15.9. The number of halogens is 3. The van der Waals surface area contributed by atoms with Crippen LogP contribution >= 0.6 is 15.9 Å². The Labute approximate surface area is 128 Å². The van der Waals surface area contributed by atoms with Crippen molar-refractivity contribution in [3.63, 3.8) is 0 Å². The predicted molar refractivity (Wildman–Crippen MR) is 81.7 cm³/mol. The molecule has 112 valence electrons. The van der Waals surface area contributed by atoms with Crippen LogP contribution in [0.4, 0.5) is 8.78 Å². The van der Waals surface area contributed by atoms with Gasteiger partial charge in [-0.2, -0.15) is 0 Å².